The molecular weight excluding hydrogens is 282 g/mol. The molecule has 0 saturated carbocycles. The molecule has 4 heteroatoms. The second-order valence-electron chi connectivity index (χ2n) is 4.62. The maximum atomic E-state index is 6.28. The molecule has 0 spiro atoms. The number of rotatable bonds is 3. The van der Waals surface area contributed by atoms with Gasteiger partial charge in [-0.3, -0.25) is 0 Å². The van der Waals surface area contributed by atoms with Crippen LogP contribution in [0.5, 0.6) is 0 Å². The Morgan fingerprint density at radius 1 is 0.952 bits per heavy atom. The van der Waals surface area contributed by atoms with Crippen LogP contribution in [0.1, 0.15) is 5.56 Å². The summed E-state index contributed by atoms with van der Waals surface area (Å²) in [6, 6.07) is 17.5. The molecule has 0 atom stereocenters. The summed E-state index contributed by atoms with van der Waals surface area (Å²) < 4.78 is 0. The highest BCUT2D eigenvalue weighted by Crippen LogP contribution is 2.29. The molecule has 0 bridgehead atoms. The Bertz CT molecular complexity index is 757. The minimum atomic E-state index is 0.371. The van der Waals surface area contributed by atoms with Crippen molar-refractivity contribution in [2.75, 3.05) is 0 Å². The van der Waals surface area contributed by atoms with E-state index >= 15 is 0 Å². The van der Waals surface area contributed by atoms with E-state index in [4.69, 9.17) is 17.3 Å². The minimum Gasteiger partial charge on any atom is -0.326 e. The van der Waals surface area contributed by atoms with Gasteiger partial charge in [0.15, 0.2) is 5.82 Å². The Morgan fingerprint density at radius 2 is 1.67 bits per heavy atom. The zero-order valence-electron chi connectivity index (χ0n) is 11.3. The molecule has 104 valence electrons. The van der Waals surface area contributed by atoms with E-state index in [1.165, 1.54) is 0 Å². The Labute approximate surface area is 128 Å². The highest BCUT2D eigenvalue weighted by atomic mass is 35.5. The van der Waals surface area contributed by atoms with Crippen LogP contribution in [0.3, 0.4) is 0 Å². The molecule has 3 rings (SSSR count). The first-order chi connectivity index (χ1) is 10.3. The van der Waals surface area contributed by atoms with Crippen LogP contribution in [0.2, 0.25) is 5.02 Å². The molecule has 21 heavy (non-hydrogen) atoms. The smallest absolute Gasteiger partial charge is 0.159 e. The zero-order chi connectivity index (χ0) is 14.7. The fraction of sp³-hybridized carbons (Fsp3) is 0.0588. The molecule has 0 unspecified atom stereocenters. The zero-order valence-corrected chi connectivity index (χ0v) is 12.1. The summed E-state index contributed by atoms with van der Waals surface area (Å²) in [7, 11) is 0. The van der Waals surface area contributed by atoms with Gasteiger partial charge in [0.05, 0.1) is 5.69 Å². The van der Waals surface area contributed by atoms with Gasteiger partial charge in [0.2, 0.25) is 0 Å². The first-order valence-electron chi connectivity index (χ1n) is 6.66. The fourth-order valence-electron chi connectivity index (χ4n) is 2.17. The normalized spacial score (nSPS) is 10.6. The number of hydrogen-bond acceptors (Lipinski definition) is 3. The molecule has 3 aromatic rings. The van der Waals surface area contributed by atoms with E-state index in [-0.39, 0.29) is 0 Å². The standard InChI is InChI=1S/C17H14ClN3/c18-15-9-5-4-8-14(15)16-13(10-19)11-20-17(21-16)12-6-2-1-3-7-12/h1-9,11H,10,19H2. The van der Waals surface area contributed by atoms with Gasteiger partial charge >= 0.3 is 0 Å². The van der Waals surface area contributed by atoms with Crippen LogP contribution in [0.25, 0.3) is 22.6 Å². The SMILES string of the molecule is NCc1cnc(-c2ccccc2)nc1-c1ccccc1Cl. The lowest BCUT2D eigenvalue weighted by molar-refractivity contribution is 1.02. The highest BCUT2D eigenvalue weighted by Gasteiger charge is 2.12. The van der Waals surface area contributed by atoms with Crippen molar-refractivity contribution in [2.24, 2.45) is 5.73 Å². The van der Waals surface area contributed by atoms with Crippen molar-refractivity contribution in [3.8, 4) is 22.6 Å². The van der Waals surface area contributed by atoms with Crippen LogP contribution < -0.4 is 5.73 Å². The van der Waals surface area contributed by atoms with Crippen LogP contribution >= 0.6 is 11.6 Å². The van der Waals surface area contributed by atoms with Gasteiger partial charge < -0.3 is 5.73 Å². The molecule has 0 aliphatic heterocycles. The van der Waals surface area contributed by atoms with Gasteiger partial charge in [-0.2, -0.15) is 0 Å². The molecule has 0 radical (unpaired) electrons. The molecule has 1 heterocycles. The van der Waals surface area contributed by atoms with Crippen LogP contribution in [-0.4, -0.2) is 9.97 Å². The van der Waals surface area contributed by atoms with Gasteiger partial charge in [0.1, 0.15) is 0 Å². The van der Waals surface area contributed by atoms with Crippen molar-refractivity contribution >= 4 is 11.6 Å². The lowest BCUT2D eigenvalue weighted by Gasteiger charge is -2.10. The molecule has 3 nitrogen and oxygen atoms in total. The van der Waals surface area contributed by atoms with E-state index in [9.17, 15) is 0 Å². The topological polar surface area (TPSA) is 51.8 Å². The molecule has 2 aromatic carbocycles. The third kappa shape index (κ3) is 2.79. The average molecular weight is 296 g/mol. The first-order valence-corrected chi connectivity index (χ1v) is 7.03. The maximum absolute atomic E-state index is 6.28. The van der Waals surface area contributed by atoms with Crippen LogP contribution in [0, 0.1) is 0 Å². The lowest BCUT2D eigenvalue weighted by atomic mass is 10.1. The molecule has 0 fully saturated rings. The van der Waals surface area contributed by atoms with Crippen molar-refractivity contribution in [2.45, 2.75) is 6.54 Å². The predicted molar refractivity (Wildman–Crippen MR) is 85.8 cm³/mol. The number of halogens is 1. The summed E-state index contributed by atoms with van der Waals surface area (Å²) in [5, 5.41) is 0.657. The largest absolute Gasteiger partial charge is 0.326 e. The van der Waals surface area contributed by atoms with Crippen molar-refractivity contribution in [1.82, 2.24) is 9.97 Å². The summed E-state index contributed by atoms with van der Waals surface area (Å²) in [4.78, 5) is 9.07. The number of nitrogens with two attached hydrogens (primary N) is 1. The summed E-state index contributed by atoms with van der Waals surface area (Å²) >= 11 is 6.28. The van der Waals surface area contributed by atoms with E-state index in [0.717, 1.165) is 22.4 Å². The van der Waals surface area contributed by atoms with Crippen molar-refractivity contribution in [1.29, 1.82) is 0 Å². The summed E-state index contributed by atoms with van der Waals surface area (Å²) in [6.07, 6.45) is 1.77. The van der Waals surface area contributed by atoms with Crippen molar-refractivity contribution in [3.05, 3.63) is 71.4 Å². The fourth-order valence-corrected chi connectivity index (χ4v) is 2.39. The third-order valence-electron chi connectivity index (χ3n) is 3.25. The van der Waals surface area contributed by atoms with E-state index in [1.54, 1.807) is 6.20 Å². The van der Waals surface area contributed by atoms with Crippen molar-refractivity contribution < 1.29 is 0 Å². The second kappa shape index (κ2) is 6.04. The number of aromatic nitrogens is 2. The van der Waals surface area contributed by atoms with Gasteiger partial charge in [-0.15, -0.1) is 0 Å². The monoisotopic (exact) mass is 295 g/mol. The first kappa shape index (κ1) is 13.7. The molecule has 0 aliphatic carbocycles. The maximum Gasteiger partial charge on any atom is 0.159 e. The lowest BCUT2D eigenvalue weighted by Crippen LogP contribution is -2.04. The molecule has 1 aromatic heterocycles. The Kier molecular flexibility index (Phi) is 3.95. The van der Waals surface area contributed by atoms with Crippen LogP contribution in [0.15, 0.2) is 60.8 Å². The van der Waals surface area contributed by atoms with E-state index < -0.39 is 0 Å². The minimum absolute atomic E-state index is 0.371. The Balaban J connectivity index is 2.17. The Hall–Kier alpha value is -2.23. The molecule has 2 N–H and O–H groups in total. The number of hydrogen-bond donors (Lipinski definition) is 1. The summed E-state index contributed by atoms with van der Waals surface area (Å²) in [5.41, 5.74) is 9.31. The van der Waals surface area contributed by atoms with Gasteiger partial charge in [0, 0.05) is 34.5 Å². The molecule has 0 amide bonds. The quantitative estimate of drug-likeness (QED) is 0.796. The van der Waals surface area contributed by atoms with E-state index in [1.807, 2.05) is 54.6 Å². The Morgan fingerprint density at radius 3 is 2.38 bits per heavy atom. The highest BCUT2D eigenvalue weighted by molar-refractivity contribution is 6.33. The molecular formula is C17H14ClN3. The van der Waals surface area contributed by atoms with Crippen LogP contribution in [0.4, 0.5) is 0 Å². The van der Waals surface area contributed by atoms with Gasteiger partial charge in [0.25, 0.3) is 0 Å². The molecule has 0 aliphatic rings. The van der Waals surface area contributed by atoms with Gasteiger partial charge in [-0.25, -0.2) is 9.97 Å². The number of nitrogens with zero attached hydrogens (tertiary/aromatic N) is 2. The van der Waals surface area contributed by atoms with E-state index in [0.29, 0.717) is 17.4 Å². The van der Waals surface area contributed by atoms with E-state index in [2.05, 4.69) is 9.97 Å². The van der Waals surface area contributed by atoms with Crippen LogP contribution in [-0.2, 0) is 6.54 Å². The van der Waals surface area contributed by atoms with Gasteiger partial charge in [-0.05, 0) is 6.07 Å². The molecule has 0 saturated heterocycles. The number of benzene rings is 2. The van der Waals surface area contributed by atoms with Crippen molar-refractivity contribution in [3.63, 3.8) is 0 Å². The van der Waals surface area contributed by atoms with Gasteiger partial charge in [-0.1, -0.05) is 60.1 Å². The predicted octanol–water partition coefficient (Wildman–Crippen LogP) is 3.92. The summed E-state index contributed by atoms with van der Waals surface area (Å²) in [6.45, 7) is 0.371. The second-order valence-corrected chi connectivity index (χ2v) is 5.02. The average Bonchev–Trinajstić information content (AvgIpc) is 2.55. The summed E-state index contributed by atoms with van der Waals surface area (Å²) in [5.74, 6) is 0.669. The third-order valence-corrected chi connectivity index (χ3v) is 3.58.